The minimum atomic E-state index is -0.868. The number of hydrogen-bond acceptors (Lipinski definition) is 6. The number of aromatic nitrogens is 2. The highest BCUT2D eigenvalue weighted by Gasteiger charge is 2.48. The van der Waals surface area contributed by atoms with Crippen molar-refractivity contribution in [2.75, 3.05) is 32.8 Å². The van der Waals surface area contributed by atoms with Crippen LogP contribution >= 0.6 is 0 Å². The third-order valence-corrected chi connectivity index (χ3v) is 5.05. The van der Waals surface area contributed by atoms with Crippen LogP contribution in [-0.4, -0.2) is 74.3 Å². The minimum absolute atomic E-state index is 0.0174. The zero-order chi connectivity index (χ0) is 19.1. The Morgan fingerprint density at radius 2 is 2.15 bits per heavy atom. The van der Waals surface area contributed by atoms with E-state index in [0.717, 1.165) is 6.54 Å². The zero-order valence-corrected chi connectivity index (χ0v) is 15.3. The second-order valence-corrected chi connectivity index (χ2v) is 7.99. The topological polar surface area (TPSA) is 114 Å². The Hall–Kier alpha value is -2.36. The van der Waals surface area contributed by atoms with Crippen molar-refractivity contribution in [2.24, 2.45) is 11.3 Å². The van der Waals surface area contributed by atoms with E-state index in [-0.39, 0.29) is 29.2 Å². The summed E-state index contributed by atoms with van der Waals surface area (Å²) in [5.74, 6) is 0.0551. The Morgan fingerprint density at radius 1 is 1.42 bits per heavy atom. The second kappa shape index (κ2) is 6.75. The second-order valence-electron chi connectivity index (χ2n) is 7.99. The fourth-order valence-corrected chi connectivity index (χ4v) is 4.00. The number of amides is 1. The molecule has 3 heterocycles. The average molecular weight is 367 g/mol. The van der Waals surface area contributed by atoms with Gasteiger partial charge in [0.15, 0.2) is 0 Å². The molecule has 144 valence electrons. The molecule has 2 aliphatic heterocycles. The number of ether oxygens (including phenoxy) is 1. The largest absolute Gasteiger partial charge is 0.465 e. The molecule has 0 aliphatic carbocycles. The molecule has 1 aromatic rings. The molecule has 1 aromatic heterocycles. The van der Waals surface area contributed by atoms with E-state index in [2.05, 4.69) is 30.7 Å². The SMILES string of the molecule is CC(C)(C)C1C(CN2CCOc3nc([N+](=O)[O-])cn3CC2)CN1C(=O)O. The Labute approximate surface area is 151 Å². The van der Waals surface area contributed by atoms with Crippen molar-refractivity contribution in [1.29, 1.82) is 0 Å². The van der Waals surface area contributed by atoms with E-state index < -0.39 is 11.0 Å². The Kier molecular flexibility index (Phi) is 4.78. The molecule has 1 saturated heterocycles. The van der Waals surface area contributed by atoms with Gasteiger partial charge in [-0.3, -0.25) is 9.47 Å². The van der Waals surface area contributed by atoms with E-state index >= 15 is 0 Å². The molecule has 26 heavy (non-hydrogen) atoms. The average Bonchev–Trinajstić information content (AvgIpc) is 2.85. The Morgan fingerprint density at radius 3 is 2.77 bits per heavy atom. The van der Waals surface area contributed by atoms with E-state index in [0.29, 0.717) is 32.8 Å². The summed E-state index contributed by atoms with van der Waals surface area (Å²) in [7, 11) is 0. The maximum Gasteiger partial charge on any atom is 0.414 e. The van der Waals surface area contributed by atoms with Crippen molar-refractivity contribution >= 4 is 11.9 Å². The number of carboxylic acid groups (broad SMARTS) is 1. The fraction of sp³-hybridized carbons (Fsp3) is 0.750. The van der Waals surface area contributed by atoms with Gasteiger partial charge in [-0.2, -0.15) is 0 Å². The highest BCUT2D eigenvalue weighted by molar-refractivity contribution is 5.67. The van der Waals surface area contributed by atoms with Crippen LogP contribution in [0.1, 0.15) is 20.8 Å². The minimum Gasteiger partial charge on any atom is -0.465 e. The molecule has 1 amide bonds. The summed E-state index contributed by atoms with van der Waals surface area (Å²) in [6.07, 6.45) is 0.527. The maximum absolute atomic E-state index is 11.4. The van der Waals surface area contributed by atoms with Crippen molar-refractivity contribution in [3.05, 3.63) is 16.3 Å². The smallest absolute Gasteiger partial charge is 0.414 e. The Bertz CT molecular complexity index is 698. The summed E-state index contributed by atoms with van der Waals surface area (Å²) in [4.78, 5) is 29.4. The molecule has 1 fully saturated rings. The van der Waals surface area contributed by atoms with E-state index in [4.69, 9.17) is 4.74 Å². The van der Waals surface area contributed by atoms with Crippen LogP contribution in [0.5, 0.6) is 6.01 Å². The molecule has 0 spiro atoms. The van der Waals surface area contributed by atoms with Crippen LogP contribution in [0.4, 0.5) is 10.6 Å². The molecule has 3 rings (SSSR count). The monoisotopic (exact) mass is 367 g/mol. The molecule has 0 saturated carbocycles. The van der Waals surface area contributed by atoms with E-state index in [1.165, 1.54) is 11.1 Å². The normalized spacial score (nSPS) is 24.0. The van der Waals surface area contributed by atoms with Crippen molar-refractivity contribution < 1.29 is 19.6 Å². The standard InChI is InChI=1S/C16H25N5O5/c1-16(2,3)13-11(9-20(13)15(22)23)8-18-4-5-19-10-12(21(24)25)17-14(19)26-7-6-18/h10-11,13H,4-9H2,1-3H3,(H,22,23). The van der Waals surface area contributed by atoms with Crippen LogP contribution in [0, 0.1) is 21.4 Å². The van der Waals surface area contributed by atoms with Gasteiger partial charge in [-0.05, 0) is 10.3 Å². The molecular weight excluding hydrogens is 342 g/mol. The van der Waals surface area contributed by atoms with Crippen LogP contribution in [0.25, 0.3) is 0 Å². The van der Waals surface area contributed by atoms with E-state index in [9.17, 15) is 20.0 Å². The lowest BCUT2D eigenvalue weighted by atomic mass is 9.72. The zero-order valence-electron chi connectivity index (χ0n) is 15.3. The van der Waals surface area contributed by atoms with Gasteiger partial charge < -0.3 is 24.9 Å². The molecule has 2 atom stereocenters. The first-order valence-corrected chi connectivity index (χ1v) is 8.73. The molecule has 0 radical (unpaired) electrons. The van der Waals surface area contributed by atoms with Gasteiger partial charge in [0, 0.05) is 49.7 Å². The summed E-state index contributed by atoms with van der Waals surface area (Å²) >= 11 is 0. The number of hydrogen-bond donors (Lipinski definition) is 1. The van der Waals surface area contributed by atoms with Gasteiger partial charge in [0.2, 0.25) is 0 Å². The predicted octanol–water partition coefficient (Wildman–Crippen LogP) is 1.51. The van der Waals surface area contributed by atoms with Crippen molar-refractivity contribution in [3.63, 3.8) is 0 Å². The predicted molar refractivity (Wildman–Crippen MR) is 92.3 cm³/mol. The molecule has 0 aromatic carbocycles. The van der Waals surface area contributed by atoms with Gasteiger partial charge in [0.25, 0.3) is 0 Å². The van der Waals surface area contributed by atoms with Crippen molar-refractivity contribution in [1.82, 2.24) is 19.4 Å². The number of carbonyl (C=O) groups is 1. The maximum atomic E-state index is 11.4. The van der Waals surface area contributed by atoms with Gasteiger partial charge >= 0.3 is 17.9 Å². The number of rotatable bonds is 3. The number of nitro groups is 1. The van der Waals surface area contributed by atoms with Crippen LogP contribution in [0.15, 0.2) is 6.20 Å². The third-order valence-electron chi connectivity index (χ3n) is 5.05. The summed E-state index contributed by atoms with van der Waals surface area (Å²) in [6.45, 7) is 9.84. The summed E-state index contributed by atoms with van der Waals surface area (Å²) in [5, 5.41) is 20.2. The first-order chi connectivity index (χ1) is 12.2. The van der Waals surface area contributed by atoms with Crippen LogP contribution in [0.3, 0.4) is 0 Å². The lowest BCUT2D eigenvalue weighted by Crippen LogP contribution is -2.66. The molecule has 10 nitrogen and oxygen atoms in total. The van der Waals surface area contributed by atoms with Crippen LogP contribution < -0.4 is 4.74 Å². The van der Waals surface area contributed by atoms with Gasteiger partial charge in [-0.15, -0.1) is 0 Å². The van der Waals surface area contributed by atoms with Gasteiger partial charge in [0.1, 0.15) is 12.8 Å². The first kappa shape index (κ1) is 18.4. The van der Waals surface area contributed by atoms with Crippen molar-refractivity contribution in [2.45, 2.75) is 33.4 Å². The summed E-state index contributed by atoms with van der Waals surface area (Å²) in [6, 6.07) is 0.265. The molecule has 2 aliphatic rings. The van der Waals surface area contributed by atoms with Crippen molar-refractivity contribution in [3.8, 4) is 6.01 Å². The lowest BCUT2D eigenvalue weighted by molar-refractivity contribution is -0.389. The third kappa shape index (κ3) is 3.59. The number of nitrogens with zero attached hydrogens (tertiary/aromatic N) is 5. The highest BCUT2D eigenvalue weighted by Crippen LogP contribution is 2.38. The fourth-order valence-electron chi connectivity index (χ4n) is 4.00. The highest BCUT2D eigenvalue weighted by atomic mass is 16.6. The lowest BCUT2D eigenvalue weighted by Gasteiger charge is -2.54. The van der Waals surface area contributed by atoms with Gasteiger partial charge in [-0.25, -0.2) is 4.79 Å². The molecule has 2 unspecified atom stereocenters. The first-order valence-electron chi connectivity index (χ1n) is 8.73. The number of likely N-dealkylation sites (tertiary alicyclic amines) is 1. The Balaban J connectivity index is 1.64. The molecule has 10 heteroatoms. The summed E-state index contributed by atoms with van der Waals surface area (Å²) in [5.41, 5.74) is -0.126. The number of imidazole rings is 1. The van der Waals surface area contributed by atoms with Crippen LogP contribution in [-0.2, 0) is 6.54 Å². The van der Waals surface area contributed by atoms with Gasteiger partial charge in [-0.1, -0.05) is 20.8 Å². The number of fused-ring (bicyclic) bond motifs is 1. The van der Waals surface area contributed by atoms with E-state index in [1.54, 1.807) is 4.57 Å². The summed E-state index contributed by atoms with van der Waals surface area (Å²) < 4.78 is 7.24. The molecular formula is C16H25N5O5. The van der Waals surface area contributed by atoms with Crippen LogP contribution in [0.2, 0.25) is 0 Å². The molecule has 1 N–H and O–H groups in total. The quantitative estimate of drug-likeness (QED) is 0.636. The van der Waals surface area contributed by atoms with Gasteiger partial charge in [0.05, 0.1) is 0 Å². The van der Waals surface area contributed by atoms with E-state index in [1.807, 2.05) is 0 Å². The molecule has 0 bridgehead atoms.